The molecular formula is C21H25N5O2. The second kappa shape index (κ2) is 8.08. The minimum Gasteiger partial charge on any atom is -0.395 e. The van der Waals surface area contributed by atoms with Gasteiger partial charge < -0.3 is 14.7 Å². The predicted molar refractivity (Wildman–Crippen MR) is 107 cm³/mol. The van der Waals surface area contributed by atoms with E-state index in [4.69, 9.17) is 4.98 Å². The molecular weight excluding hydrogens is 354 g/mol. The Hall–Kier alpha value is -2.77. The number of H-pyrrole nitrogens is 1. The molecule has 2 N–H and O–H groups in total. The number of fused-ring (bicyclic) bond motifs is 1. The van der Waals surface area contributed by atoms with E-state index in [1.807, 2.05) is 29.9 Å². The number of benzene rings is 1. The van der Waals surface area contributed by atoms with Crippen molar-refractivity contribution in [2.75, 3.05) is 13.2 Å². The number of rotatable bonds is 7. The standard InChI is InChI=1S/C21H25N5O2/c1-25-9-8-22-19(25)14-26(10-11-27)13-15-4-2-5-16(12-15)20-23-18-7-3-6-17(18)21(28)24-20/h2,4-5,8-9,12,27H,3,6-7,10-11,13-14H2,1H3,(H,23,24,28). The highest BCUT2D eigenvalue weighted by Gasteiger charge is 2.18. The molecule has 4 rings (SSSR count). The van der Waals surface area contributed by atoms with E-state index >= 15 is 0 Å². The van der Waals surface area contributed by atoms with E-state index in [0.29, 0.717) is 25.5 Å². The summed E-state index contributed by atoms with van der Waals surface area (Å²) in [7, 11) is 1.97. The van der Waals surface area contributed by atoms with Gasteiger partial charge in [0.2, 0.25) is 0 Å². The lowest BCUT2D eigenvalue weighted by molar-refractivity contribution is 0.180. The number of nitrogens with zero attached hydrogens (tertiary/aromatic N) is 4. The molecule has 3 aromatic rings. The van der Waals surface area contributed by atoms with E-state index in [1.54, 1.807) is 6.20 Å². The van der Waals surface area contributed by atoms with Crippen LogP contribution in [0.1, 0.15) is 29.1 Å². The lowest BCUT2D eigenvalue weighted by Crippen LogP contribution is -2.27. The van der Waals surface area contributed by atoms with Gasteiger partial charge in [-0.15, -0.1) is 0 Å². The van der Waals surface area contributed by atoms with Crippen molar-refractivity contribution in [2.45, 2.75) is 32.4 Å². The third-order valence-corrected chi connectivity index (χ3v) is 5.25. The fraction of sp³-hybridized carbons (Fsp3) is 0.381. The molecule has 28 heavy (non-hydrogen) atoms. The normalized spacial score (nSPS) is 13.2. The van der Waals surface area contributed by atoms with Crippen LogP contribution in [0.2, 0.25) is 0 Å². The summed E-state index contributed by atoms with van der Waals surface area (Å²) in [4.78, 5) is 26.5. The molecule has 2 aromatic heterocycles. The Morgan fingerprint density at radius 1 is 1.29 bits per heavy atom. The molecule has 7 nitrogen and oxygen atoms in total. The second-order valence-corrected chi connectivity index (χ2v) is 7.28. The van der Waals surface area contributed by atoms with Crippen LogP contribution in [-0.2, 0) is 33.0 Å². The molecule has 0 saturated heterocycles. The maximum absolute atomic E-state index is 12.3. The molecule has 0 aliphatic heterocycles. The molecule has 0 amide bonds. The lowest BCUT2D eigenvalue weighted by Gasteiger charge is -2.21. The third-order valence-electron chi connectivity index (χ3n) is 5.25. The van der Waals surface area contributed by atoms with Gasteiger partial charge >= 0.3 is 0 Å². The molecule has 0 fully saturated rings. The third kappa shape index (κ3) is 3.90. The van der Waals surface area contributed by atoms with Crippen LogP contribution in [0.5, 0.6) is 0 Å². The quantitative estimate of drug-likeness (QED) is 0.652. The number of aromatic amines is 1. The molecule has 2 heterocycles. The van der Waals surface area contributed by atoms with E-state index in [2.05, 4.69) is 27.0 Å². The van der Waals surface area contributed by atoms with Crippen molar-refractivity contribution in [3.63, 3.8) is 0 Å². The van der Waals surface area contributed by atoms with Crippen molar-refractivity contribution in [1.82, 2.24) is 24.4 Å². The smallest absolute Gasteiger partial charge is 0.254 e. The molecule has 0 bridgehead atoms. The van der Waals surface area contributed by atoms with E-state index in [1.165, 1.54) is 0 Å². The summed E-state index contributed by atoms with van der Waals surface area (Å²) < 4.78 is 1.99. The highest BCUT2D eigenvalue weighted by molar-refractivity contribution is 5.56. The Balaban J connectivity index is 1.57. The monoisotopic (exact) mass is 379 g/mol. The van der Waals surface area contributed by atoms with Crippen LogP contribution < -0.4 is 5.56 Å². The summed E-state index contributed by atoms with van der Waals surface area (Å²) in [5.74, 6) is 1.58. The maximum atomic E-state index is 12.3. The number of nitrogens with one attached hydrogen (secondary N) is 1. The van der Waals surface area contributed by atoms with Gasteiger partial charge in [0, 0.05) is 43.7 Å². The fourth-order valence-electron chi connectivity index (χ4n) is 3.76. The summed E-state index contributed by atoms with van der Waals surface area (Å²) in [6, 6.07) is 8.06. The van der Waals surface area contributed by atoms with Gasteiger partial charge in [-0.25, -0.2) is 9.97 Å². The van der Waals surface area contributed by atoms with Crippen molar-refractivity contribution in [2.24, 2.45) is 7.05 Å². The van der Waals surface area contributed by atoms with Crippen LogP contribution in [-0.4, -0.2) is 42.7 Å². The number of hydrogen-bond donors (Lipinski definition) is 2. The van der Waals surface area contributed by atoms with E-state index in [-0.39, 0.29) is 12.2 Å². The Labute approximate surface area is 163 Å². The van der Waals surface area contributed by atoms with Gasteiger partial charge in [0.25, 0.3) is 5.56 Å². The first kappa shape index (κ1) is 18.6. The van der Waals surface area contributed by atoms with E-state index in [9.17, 15) is 9.90 Å². The first-order valence-electron chi connectivity index (χ1n) is 9.65. The van der Waals surface area contributed by atoms with Crippen molar-refractivity contribution in [3.05, 3.63) is 69.7 Å². The topological polar surface area (TPSA) is 87.0 Å². The Kier molecular flexibility index (Phi) is 5.36. The Morgan fingerprint density at radius 2 is 2.18 bits per heavy atom. The first-order valence-corrected chi connectivity index (χ1v) is 9.65. The number of aliphatic hydroxyl groups excluding tert-OH is 1. The SMILES string of the molecule is Cn1ccnc1CN(CCO)Cc1cccc(-c2nc3c(c(=O)[nH]2)CCC3)c1. The average molecular weight is 379 g/mol. The Morgan fingerprint density at radius 3 is 2.96 bits per heavy atom. The van der Waals surface area contributed by atoms with Gasteiger partial charge in [-0.05, 0) is 30.9 Å². The molecule has 1 aromatic carbocycles. The molecule has 0 atom stereocenters. The van der Waals surface area contributed by atoms with Crippen molar-refractivity contribution < 1.29 is 5.11 Å². The summed E-state index contributed by atoms with van der Waals surface area (Å²) in [6.45, 7) is 1.98. The fourth-order valence-corrected chi connectivity index (χ4v) is 3.76. The van der Waals surface area contributed by atoms with Crippen LogP contribution in [0.3, 0.4) is 0 Å². The number of aryl methyl sites for hydroxylation is 2. The summed E-state index contributed by atoms with van der Waals surface area (Å²) >= 11 is 0. The average Bonchev–Trinajstić information content (AvgIpc) is 3.32. The molecule has 0 saturated carbocycles. The molecule has 0 unspecified atom stereocenters. The number of aliphatic hydroxyl groups is 1. The summed E-state index contributed by atoms with van der Waals surface area (Å²) in [6.07, 6.45) is 6.39. The van der Waals surface area contributed by atoms with Crippen LogP contribution in [0.4, 0.5) is 0 Å². The van der Waals surface area contributed by atoms with Crippen molar-refractivity contribution in [3.8, 4) is 11.4 Å². The lowest BCUT2D eigenvalue weighted by atomic mass is 10.1. The second-order valence-electron chi connectivity index (χ2n) is 7.28. The van der Waals surface area contributed by atoms with Gasteiger partial charge in [-0.1, -0.05) is 18.2 Å². The first-order chi connectivity index (χ1) is 13.6. The van der Waals surface area contributed by atoms with Crippen LogP contribution in [0.25, 0.3) is 11.4 Å². The highest BCUT2D eigenvalue weighted by atomic mass is 16.3. The van der Waals surface area contributed by atoms with Crippen LogP contribution >= 0.6 is 0 Å². The van der Waals surface area contributed by atoms with Crippen molar-refractivity contribution in [1.29, 1.82) is 0 Å². The minimum absolute atomic E-state index is 0.0143. The van der Waals surface area contributed by atoms with E-state index in [0.717, 1.165) is 47.5 Å². The van der Waals surface area contributed by atoms with Gasteiger partial charge in [-0.3, -0.25) is 9.69 Å². The summed E-state index contributed by atoms with van der Waals surface area (Å²) in [5.41, 5.74) is 3.76. The van der Waals surface area contributed by atoms with Crippen LogP contribution in [0.15, 0.2) is 41.5 Å². The van der Waals surface area contributed by atoms with Gasteiger partial charge in [0.05, 0.1) is 18.8 Å². The maximum Gasteiger partial charge on any atom is 0.254 e. The molecule has 1 aliphatic carbocycles. The number of imidazole rings is 1. The zero-order chi connectivity index (χ0) is 19.5. The molecule has 7 heteroatoms. The zero-order valence-corrected chi connectivity index (χ0v) is 16.1. The zero-order valence-electron chi connectivity index (χ0n) is 16.1. The summed E-state index contributed by atoms with van der Waals surface area (Å²) in [5, 5.41) is 9.45. The van der Waals surface area contributed by atoms with E-state index < -0.39 is 0 Å². The number of aromatic nitrogens is 4. The highest BCUT2D eigenvalue weighted by Crippen LogP contribution is 2.21. The molecule has 146 valence electrons. The molecule has 0 radical (unpaired) electrons. The Bertz CT molecular complexity index is 1020. The van der Waals surface area contributed by atoms with Crippen LogP contribution in [0, 0.1) is 0 Å². The predicted octanol–water partition coefficient (Wildman–Crippen LogP) is 1.65. The van der Waals surface area contributed by atoms with Gasteiger partial charge in [0.15, 0.2) is 0 Å². The molecule has 1 aliphatic rings. The largest absolute Gasteiger partial charge is 0.395 e. The molecule has 0 spiro atoms. The number of hydrogen-bond acceptors (Lipinski definition) is 5. The van der Waals surface area contributed by atoms with Crippen molar-refractivity contribution >= 4 is 0 Å². The van der Waals surface area contributed by atoms with Gasteiger partial charge in [-0.2, -0.15) is 0 Å². The van der Waals surface area contributed by atoms with Gasteiger partial charge in [0.1, 0.15) is 11.6 Å². The minimum atomic E-state index is -0.0143.